The molecule has 0 radical (unpaired) electrons. The fraction of sp³-hybridized carbons (Fsp3) is 0.278. The molecule has 1 aliphatic heterocycles. The van der Waals surface area contributed by atoms with E-state index in [-0.39, 0.29) is 16.8 Å². The lowest BCUT2D eigenvalue weighted by Gasteiger charge is -2.10. The van der Waals surface area contributed by atoms with Crippen molar-refractivity contribution in [3.63, 3.8) is 0 Å². The molecule has 3 rings (SSSR count). The van der Waals surface area contributed by atoms with Gasteiger partial charge in [0.05, 0.1) is 11.6 Å². The zero-order valence-corrected chi connectivity index (χ0v) is 13.3. The smallest absolute Gasteiger partial charge is 0.220 e. The fourth-order valence-corrected chi connectivity index (χ4v) is 2.88. The summed E-state index contributed by atoms with van der Waals surface area (Å²) < 4.78 is 18.7. The molecule has 1 aliphatic rings. The van der Waals surface area contributed by atoms with Crippen molar-refractivity contribution in [1.29, 1.82) is 0 Å². The second-order valence-corrected chi connectivity index (χ2v) is 6.01. The number of para-hydroxylation sites is 1. The van der Waals surface area contributed by atoms with Gasteiger partial charge in [0.2, 0.25) is 5.91 Å². The molecular weight excluding hydrogens is 317 g/mol. The van der Waals surface area contributed by atoms with Gasteiger partial charge < -0.3 is 10.1 Å². The van der Waals surface area contributed by atoms with Crippen molar-refractivity contribution in [2.24, 2.45) is 0 Å². The van der Waals surface area contributed by atoms with Crippen LogP contribution in [-0.4, -0.2) is 19.1 Å². The summed E-state index contributed by atoms with van der Waals surface area (Å²) in [6.07, 6.45) is 0.876. The van der Waals surface area contributed by atoms with E-state index in [2.05, 4.69) is 5.32 Å². The number of aryl methyl sites for hydroxylation is 1. The SMILES string of the molecule is O=C(CCc1ccc(F)c(Cl)c1)NC[C@@H]1COc2ccccc21. The Labute approximate surface area is 139 Å². The summed E-state index contributed by atoms with van der Waals surface area (Å²) in [5.41, 5.74) is 1.99. The zero-order valence-electron chi connectivity index (χ0n) is 12.5. The summed E-state index contributed by atoms with van der Waals surface area (Å²) in [4.78, 5) is 12.0. The van der Waals surface area contributed by atoms with Crippen LogP contribution in [0, 0.1) is 5.82 Å². The quantitative estimate of drug-likeness (QED) is 0.906. The number of halogens is 2. The maximum Gasteiger partial charge on any atom is 0.220 e. The van der Waals surface area contributed by atoms with Crippen molar-refractivity contribution < 1.29 is 13.9 Å². The molecule has 23 heavy (non-hydrogen) atoms. The van der Waals surface area contributed by atoms with Gasteiger partial charge in [-0.25, -0.2) is 4.39 Å². The lowest BCUT2D eigenvalue weighted by atomic mass is 10.0. The van der Waals surface area contributed by atoms with Gasteiger partial charge in [0.1, 0.15) is 11.6 Å². The first kappa shape index (κ1) is 15.8. The highest BCUT2D eigenvalue weighted by Gasteiger charge is 2.23. The van der Waals surface area contributed by atoms with Gasteiger partial charge in [0, 0.05) is 24.4 Å². The molecule has 0 fully saturated rings. The molecular formula is C18H17ClFNO2. The van der Waals surface area contributed by atoms with Gasteiger partial charge >= 0.3 is 0 Å². The molecule has 0 aliphatic carbocycles. The first-order valence-electron chi connectivity index (χ1n) is 7.56. The Morgan fingerprint density at radius 3 is 2.96 bits per heavy atom. The molecule has 2 aromatic rings. The largest absolute Gasteiger partial charge is 0.493 e. The van der Waals surface area contributed by atoms with Crippen LogP contribution in [0.2, 0.25) is 5.02 Å². The van der Waals surface area contributed by atoms with Crippen molar-refractivity contribution in [3.05, 3.63) is 64.4 Å². The van der Waals surface area contributed by atoms with Gasteiger partial charge in [-0.15, -0.1) is 0 Å². The van der Waals surface area contributed by atoms with Gasteiger partial charge in [0.15, 0.2) is 0 Å². The standard InChI is InChI=1S/C18H17ClFNO2/c19-15-9-12(5-7-16(15)20)6-8-18(22)21-10-13-11-23-17-4-2-1-3-14(13)17/h1-5,7,9,13H,6,8,10-11H2,(H,21,22)/t13-/m1/s1. The lowest BCUT2D eigenvalue weighted by Crippen LogP contribution is -2.29. The molecule has 0 spiro atoms. The summed E-state index contributed by atoms with van der Waals surface area (Å²) >= 11 is 5.73. The summed E-state index contributed by atoms with van der Waals surface area (Å²) in [6, 6.07) is 12.4. The number of benzene rings is 2. The third-order valence-electron chi connectivity index (χ3n) is 3.97. The van der Waals surface area contributed by atoms with Gasteiger partial charge in [0.25, 0.3) is 0 Å². The van der Waals surface area contributed by atoms with Crippen molar-refractivity contribution in [1.82, 2.24) is 5.32 Å². The molecule has 0 saturated carbocycles. The minimum atomic E-state index is -0.445. The molecule has 5 heteroatoms. The van der Waals surface area contributed by atoms with E-state index in [4.69, 9.17) is 16.3 Å². The van der Waals surface area contributed by atoms with Gasteiger partial charge in [-0.1, -0.05) is 35.9 Å². The van der Waals surface area contributed by atoms with Crippen LogP contribution in [0.25, 0.3) is 0 Å². The Morgan fingerprint density at radius 2 is 2.13 bits per heavy atom. The summed E-state index contributed by atoms with van der Waals surface area (Å²) in [5.74, 6) is 0.609. The van der Waals surface area contributed by atoms with Crippen molar-refractivity contribution in [2.75, 3.05) is 13.2 Å². The molecule has 2 aromatic carbocycles. The van der Waals surface area contributed by atoms with Crippen molar-refractivity contribution in [3.8, 4) is 5.75 Å². The average Bonchev–Trinajstić information content (AvgIpc) is 2.97. The van der Waals surface area contributed by atoms with Crippen LogP contribution < -0.4 is 10.1 Å². The summed E-state index contributed by atoms with van der Waals surface area (Å²) in [5, 5.41) is 3.02. The monoisotopic (exact) mass is 333 g/mol. The number of rotatable bonds is 5. The van der Waals surface area contributed by atoms with Gasteiger partial charge in [-0.2, -0.15) is 0 Å². The van der Waals surface area contributed by atoms with E-state index in [1.807, 2.05) is 24.3 Å². The normalized spacial score (nSPS) is 15.8. The Balaban J connectivity index is 1.48. The molecule has 120 valence electrons. The summed E-state index contributed by atoms with van der Waals surface area (Å²) in [6.45, 7) is 1.15. The van der Waals surface area contributed by atoms with Crippen LogP contribution in [0.3, 0.4) is 0 Å². The fourth-order valence-electron chi connectivity index (χ4n) is 2.68. The maximum absolute atomic E-state index is 13.1. The maximum atomic E-state index is 13.1. The molecule has 3 nitrogen and oxygen atoms in total. The van der Waals surface area contributed by atoms with Crippen LogP contribution in [0.15, 0.2) is 42.5 Å². The van der Waals surface area contributed by atoms with Crippen LogP contribution in [0.1, 0.15) is 23.5 Å². The first-order valence-corrected chi connectivity index (χ1v) is 7.93. The number of hydrogen-bond acceptors (Lipinski definition) is 2. The lowest BCUT2D eigenvalue weighted by molar-refractivity contribution is -0.121. The Hall–Kier alpha value is -2.07. The zero-order chi connectivity index (χ0) is 16.2. The predicted octanol–water partition coefficient (Wildman–Crippen LogP) is 3.70. The molecule has 0 aromatic heterocycles. The van der Waals surface area contributed by atoms with Crippen LogP contribution in [0.5, 0.6) is 5.75 Å². The molecule has 0 saturated heterocycles. The van der Waals surface area contributed by atoms with E-state index < -0.39 is 5.82 Å². The number of carbonyl (C=O) groups excluding carboxylic acids is 1. The van der Waals surface area contributed by atoms with Gasteiger partial charge in [-0.3, -0.25) is 4.79 Å². The van der Waals surface area contributed by atoms with E-state index in [1.165, 1.54) is 6.07 Å². The molecule has 0 unspecified atom stereocenters. The third kappa shape index (κ3) is 3.82. The minimum absolute atomic E-state index is 0.0326. The number of fused-ring (bicyclic) bond motifs is 1. The minimum Gasteiger partial charge on any atom is -0.493 e. The van der Waals surface area contributed by atoms with E-state index in [0.29, 0.717) is 26.0 Å². The van der Waals surface area contributed by atoms with Gasteiger partial charge in [-0.05, 0) is 30.2 Å². The molecule has 1 amide bonds. The van der Waals surface area contributed by atoms with Crippen molar-refractivity contribution >= 4 is 17.5 Å². The van der Waals surface area contributed by atoms with E-state index in [9.17, 15) is 9.18 Å². The van der Waals surface area contributed by atoms with E-state index in [1.54, 1.807) is 12.1 Å². The number of ether oxygens (including phenoxy) is 1. The van der Waals surface area contributed by atoms with Crippen LogP contribution >= 0.6 is 11.6 Å². The molecule has 1 heterocycles. The Bertz CT molecular complexity index is 720. The van der Waals surface area contributed by atoms with E-state index >= 15 is 0 Å². The molecule has 1 N–H and O–H groups in total. The third-order valence-corrected chi connectivity index (χ3v) is 4.26. The van der Waals surface area contributed by atoms with E-state index in [0.717, 1.165) is 16.9 Å². The number of hydrogen-bond donors (Lipinski definition) is 1. The Kier molecular flexibility index (Phi) is 4.82. The number of amides is 1. The highest BCUT2D eigenvalue weighted by molar-refractivity contribution is 6.30. The number of nitrogens with one attached hydrogen (secondary N) is 1. The average molecular weight is 334 g/mol. The van der Waals surface area contributed by atoms with Crippen LogP contribution in [-0.2, 0) is 11.2 Å². The highest BCUT2D eigenvalue weighted by atomic mass is 35.5. The van der Waals surface area contributed by atoms with Crippen molar-refractivity contribution in [2.45, 2.75) is 18.8 Å². The second kappa shape index (κ2) is 7.01. The molecule has 1 atom stereocenters. The number of carbonyl (C=O) groups is 1. The van der Waals surface area contributed by atoms with Crippen LogP contribution in [0.4, 0.5) is 4.39 Å². The molecule has 0 bridgehead atoms. The predicted molar refractivity (Wildman–Crippen MR) is 87.4 cm³/mol. The second-order valence-electron chi connectivity index (χ2n) is 5.60. The summed E-state index contributed by atoms with van der Waals surface area (Å²) in [7, 11) is 0. The Morgan fingerprint density at radius 1 is 1.30 bits per heavy atom. The first-order chi connectivity index (χ1) is 11.1. The highest BCUT2D eigenvalue weighted by Crippen LogP contribution is 2.32. The topological polar surface area (TPSA) is 38.3 Å².